The highest BCUT2D eigenvalue weighted by Gasteiger charge is 2.26. The monoisotopic (exact) mass is 228 g/mol. The largest absolute Gasteiger partial charge is 0.504 e. The number of unbranched alkanes of at least 4 members (excludes halogenated alkanes) is 1. The van der Waals surface area contributed by atoms with Gasteiger partial charge >= 0.3 is 0 Å². The summed E-state index contributed by atoms with van der Waals surface area (Å²) in [6.45, 7) is 3.95. The Morgan fingerprint density at radius 3 is 2.60 bits per heavy atom. The van der Waals surface area contributed by atoms with Crippen molar-refractivity contribution >= 4 is 11.6 Å². The summed E-state index contributed by atoms with van der Waals surface area (Å²) in [5.41, 5.74) is 0.595. The fraction of sp³-hybridized carbons (Fsp3) is 0.500. The van der Waals surface area contributed by atoms with Crippen molar-refractivity contribution < 1.29 is 10.2 Å². The van der Waals surface area contributed by atoms with E-state index in [9.17, 15) is 10.2 Å². The van der Waals surface area contributed by atoms with Gasteiger partial charge in [-0.05, 0) is 19.4 Å². The number of hydrogen-bond acceptors (Lipinski definition) is 2. The molecule has 0 aliphatic heterocycles. The van der Waals surface area contributed by atoms with Crippen LogP contribution in [0.1, 0.15) is 38.7 Å². The standard InChI is InChI=1S/C12H17ClO2/c1-3-4-8-12(2,13)9-6-5-7-10(14)11(9)15/h5-7,14-15H,3-4,8H2,1-2H3. The molecule has 84 valence electrons. The number of hydrogen-bond donors (Lipinski definition) is 2. The van der Waals surface area contributed by atoms with Crippen LogP contribution in [0, 0.1) is 0 Å². The number of alkyl halides is 1. The Labute approximate surface area is 95.5 Å². The Morgan fingerprint density at radius 2 is 2.00 bits per heavy atom. The summed E-state index contributed by atoms with van der Waals surface area (Å²) >= 11 is 6.35. The van der Waals surface area contributed by atoms with Gasteiger partial charge in [0.05, 0.1) is 4.87 Å². The Morgan fingerprint density at radius 1 is 1.33 bits per heavy atom. The van der Waals surface area contributed by atoms with Crippen molar-refractivity contribution in [2.24, 2.45) is 0 Å². The highest BCUT2D eigenvalue weighted by Crippen LogP contribution is 2.42. The van der Waals surface area contributed by atoms with Gasteiger partial charge in [0.25, 0.3) is 0 Å². The molecule has 1 unspecified atom stereocenters. The van der Waals surface area contributed by atoms with Crippen LogP contribution in [-0.2, 0) is 4.87 Å². The molecule has 0 aromatic heterocycles. The number of rotatable bonds is 4. The Kier molecular flexibility index (Phi) is 3.86. The van der Waals surface area contributed by atoms with Crippen molar-refractivity contribution in [2.45, 2.75) is 38.0 Å². The molecule has 0 saturated carbocycles. The van der Waals surface area contributed by atoms with Gasteiger partial charge in [-0.2, -0.15) is 0 Å². The van der Waals surface area contributed by atoms with E-state index in [4.69, 9.17) is 11.6 Å². The van der Waals surface area contributed by atoms with Crippen LogP contribution >= 0.6 is 11.6 Å². The molecule has 1 aromatic rings. The highest BCUT2D eigenvalue weighted by atomic mass is 35.5. The Hall–Kier alpha value is -0.890. The van der Waals surface area contributed by atoms with E-state index in [1.54, 1.807) is 12.1 Å². The Bertz CT molecular complexity index is 334. The summed E-state index contributed by atoms with van der Waals surface area (Å²) in [4.78, 5) is -0.612. The van der Waals surface area contributed by atoms with E-state index in [1.165, 1.54) is 6.07 Å². The fourth-order valence-electron chi connectivity index (χ4n) is 1.60. The number of phenolic OH excluding ortho intramolecular Hbond substituents is 2. The number of phenols is 2. The molecule has 2 N–H and O–H groups in total. The lowest BCUT2D eigenvalue weighted by atomic mass is 9.93. The predicted molar refractivity (Wildman–Crippen MR) is 62.5 cm³/mol. The maximum absolute atomic E-state index is 9.70. The van der Waals surface area contributed by atoms with E-state index in [-0.39, 0.29) is 11.5 Å². The molecule has 1 rings (SSSR count). The molecule has 0 spiro atoms. The van der Waals surface area contributed by atoms with Crippen LogP contribution in [0.4, 0.5) is 0 Å². The number of benzene rings is 1. The average molecular weight is 229 g/mol. The van der Waals surface area contributed by atoms with Crippen LogP contribution in [0.3, 0.4) is 0 Å². The molecule has 0 radical (unpaired) electrons. The van der Waals surface area contributed by atoms with Gasteiger partial charge in [0, 0.05) is 5.56 Å². The zero-order valence-electron chi connectivity index (χ0n) is 9.13. The minimum Gasteiger partial charge on any atom is -0.504 e. The summed E-state index contributed by atoms with van der Waals surface area (Å²) in [5.74, 6) is -0.220. The van der Waals surface area contributed by atoms with Crippen molar-refractivity contribution in [3.8, 4) is 11.5 Å². The first kappa shape index (κ1) is 12.2. The van der Waals surface area contributed by atoms with Gasteiger partial charge in [0.1, 0.15) is 0 Å². The van der Waals surface area contributed by atoms with Crippen molar-refractivity contribution in [1.82, 2.24) is 0 Å². The van der Waals surface area contributed by atoms with Crippen molar-refractivity contribution in [3.63, 3.8) is 0 Å². The third-order valence-electron chi connectivity index (χ3n) is 2.58. The predicted octanol–water partition coefficient (Wildman–Crippen LogP) is 3.74. The van der Waals surface area contributed by atoms with E-state index in [0.717, 1.165) is 19.3 Å². The highest BCUT2D eigenvalue weighted by molar-refractivity contribution is 6.24. The maximum Gasteiger partial charge on any atom is 0.162 e. The van der Waals surface area contributed by atoms with Crippen LogP contribution in [0.5, 0.6) is 11.5 Å². The SMILES string of the molecule is CCCCC(C)(Cl)c1cccc(O)c1O. The zero-order chi connectivity index (χ0) is 11.5. The first-order valence-electron chi connectivity index (χ1n) is 5.19. The van der Waals surface area contributed by atoms with Crippen LogP contribution < -0.4 is 0 Å². The lowest BCUT2D eigenvalue weighted by molar-refractivity contribution is 0.391. The molecule has 3 heteroatoms. The minimum absolute atomic E-state index is 0.105. The van der Waals surface area contributed by atoms with Crippen LogP contribution in [0.25, 0.3) is 0 Å². The summed E-state index contributed by atoms with van der Waals surface area (Å²) in [7, 11) is 0. The van der Waals surface area contributed by atoms with Crippen molar-refractivity contribution in [2.75, 3.05) is 0 Å². The van der Waals surface area contributed by atoms with Crippen LogP contribution in [0.15, 0.2) is 18.2 Å². The molecule has 0 fully saturated rings. The van der Waals surface area contributed by atoms with E-state index in [2.05, 4.69) is 6.92 Å². The lowest BCUT2D eigenvalue weighted by Crippen LogP contribution is -2.13. The third kappa shape index (κ3) is 2.78. The molecule has 0 aliphatic rings. The number of halogens is 1. The van der Waals surface area contributed by atoms with Crippen molar-refractivity contribution in [3.05, 3.63) is 23.8 Å². The molecule has 0 saturated heterocycles. The van der Waals surface area contributed by atoms with Crippen LogP contribution in [0.2, 0.25) is 0 Å². The first-order valence-corrected chi connectivity index (χ1v) is 5.57. The van der Waals surface area contributed by atoms with Gasteiger partial charge < -0.3 is 10.2 Å². The normalized spacial score (nSPS) is 14.9. The zero-order valence-corrected chi connectivity index (χ0v) is 9.88. The van der Waals surface area contributed by atoms with Gasteiger partial charge in [0.2, 0.25) is 0 Å². The summed E-state index contributed by atoms with van der Waals surface area (Å²) in [6, 6.07) is 4.89. The van der Waals surface area contributed by atoms with Gasteiger partial charge in [-0.25, -0.2) is 0 Å². The van der Waals surface area contributed by atoms with E-state index < -0.39 is 4.87 Å². The molecule has 0 amide bonds. The summed E-state index contributed by atoms with van der Waals surface area (Å²) in [5, 5.41) is 19.1. The maximum atomic E-state index is 9.70. The fourth-order valence-corrected chi connectivity index (χ4v) is 1.88. The van der Waals surface area contributed by atoms with Gasteiger partial charge in [-0.1, -0.05) is 31.9 Å². The second-order valence-corrected chi connectivity index (χ2v) is 4.81. The molecular formula is C12H17ClO2. The van der Waals surface area contributed by atoms with Crippen LogP contribution in [-0.4, -0.2) is 10.2 Å². The molecular weight excluding hydrogens is 212 g/mol. The van der Waals surface area contributed by atoms with E-state index in [1.807, 2.05) is 6.92 Å². The van der Waals surface area contributed by atoms with Crippen molar-refractivity contribution in [1.29, 1.82) is 0 Å². The third-order valence-corrected chi connectivity index (χ3v) is 2.97. The number of aromatic hydroxyl groups is 2. The molecule has 0 bridgehead atoms. The first-order chi connectivity index (χ1) is 6.99. The van der Waals surface area contributed by atoms with Gasteiger partial charge in [0.15, 0.2) is 11.5 Å². The minimum atomic E-state index is -0.612. The molecule has 1 atom stereocenters. The molecule has 0 heterocycles. The summed E-state index contributed by atoms with van der Waals surface area (Å²) < 4.78 is 0. The van der Waals surface area contributed by atoms with E-state index in [0.29, 0.717) is 5.56 Å². The van der Waals surface area contributed by atoms with Gasteiger partial charge in [-0.15, -0.1) is 11.6 Å². The second-order valence-electron chi connectivity index (χ2n) is 3.97. The Balaban J connectivity index is 2.98. The smallest absolute Gasteiger partial charge is 0.162 e. The average Bonchev–Trinajstić information content (AvgIpc) is 2.19. The summed E-state index contributed by atoms with van der Waals surface area (Å²) in [6.07, 6.45) is 2.83. The molecule has 1 aromatic carbocycles. The number of para-hydroxylation sites is 1. The molecule has 15 heavy (non-hydrogen) atoms. The van der Waals surface area contributed by atoms with Gasteiger partial charge in [-0.3, -0.25) is 0 Å². The quantitative estimate of drug-likeness (QED) is 0.609. The topological polar surface area (TPSA) is 40.5 Å². The second kappa shape index (κ2) is 4.75. The molecule has 2 nitrogen and oxygen atoms in total. The molecule has 0 aliphatic carbocycles. The lowest BCUT2D eigenvalue weighted by Gasteiger charge is -2.23. The van der Waals surface area contributed by atoms with E-state index >= 15 is 0 Å².